The summed E-state index contributed by atoms with van der Waals surface area (Å²) in [5.41, 5.74) is 1.91. The molecule has 0 saturated heterocycles. The quantitative estimate of drug-likeness (QED) is 0.255. The number of aliphatic carboxylic acids is 1. The number of amides is 1. The van der Waals surface area contributed by atoms with Crippen LogP contribution in [0.15, 0.2) is 0 Å². The van der Waals surface area contributed by atoms with Gasteiger partial charge in [-0.1, -0.05) is 0 Å². The van der Waals surface area contributed by atoms with Gasteiger partial charge in [0.05, 0.1) is 11.8 Å². The summed E-state index contributed by atoms with van der Waals surface area (Å²) in [6.45, 7) is 0. The summed E-state index contributed by atoms with van der Waals surface area (Å²) in [7, 11) is 0. The number of nitrogens with one attached hydrogen (secondary N) is 1. The Balaban J connectivity index is 2.38. The van der Waals surface area contributed by atoms with E-state index in [1.807, 2.05) is 5.43 Å². The SMILES string of the molecule is NNC(=O)[C@@H]1C[C@@H]1C(=O)O. The summed E-state index contributed by atoms with van der Waals surface area (Å²) in [5, 5.41) is 8.35. The monoisotopic (exact) mass is 144 g/mol. The van der Waals surface area contributed by atoms with Crippen LogP contribution in [-0.4, -0.2) is 17.0 Å². The standard InChI is InChI=1S/C5H8N2O3/c6-7-4(8)2-1-3(2)5(9)10/h2-3H,1,6H2,(H,7,8)(H,9,10)/t2-,3+/m1/s1. The summed E-state index contributed by atoms with van der Waals surface area (Å²) in [6.07, 6.45) is 0.415. The van der Waals surface area contributed by atoms with Gasteiger partial charge in [-0.2, -0.15) is 0 Å². The highest BCUT2D eigenvalue weighted by molar-refractivity contribution is 5.89. The van der Waals surface area contributed by atoms with Gasteiger partial charge < -0.3 is 5.11 Å². The number of carbonyl (C=O) groups is 2. The van der Waals surface area contributed by atoms with Crippen molar-refractivity contribution in [2.45, 2.75) is 6.42 Å². The Bertz CT molecular complexity index is 180. The molecule has 1 rings (SSSR count). The Morgan fingerprint density at radius 3 is 2.40 bits per heavy atom. The molecule has 4 N–H and O–H groups in total. The van der Waals surface area contributed by atoms with Crippen LogP contribution in [0.1, 0.15) is 6.42 Å². The Morgan fingerprint density at radius 1 is 1.50 bits per heavy atom. The first-order valence-corrected chi connectivity index (χ1v) is 2.90. The molecule has 5 heteroatoms. The van der Waals surface area contributed by atoms with Crippen molar-refractivity contribution in [1.82, 2.24) is 5.43 Å². The lowest BCUT2D eigenvalue weighted by molar-refractivity contribution is -0.140. The predicted molar refractivity (Wildman–Crippen MR) is 31.6 cm³/mol. The maximum absolute atomic E-state index is 10.6. The third-order valence-electron chi connectivity index (χ3n) is 1.59. The fraction of sp³-hybridized carbons (Fsp3) is 0.600. The molecular formula is C5H8N2O3. The first kappa shape index (κ1) is 7.01. The second kappa shape index (κ2) is 2.26. The molecule has 0 spiro atoms. The molecule has 5 nitrogen and oxygen atoms in total. The van der Waals surface area contributed by atoms with Crippen molar-refractivity contribution >= 4 is 11.9 Å². The molecule has 0 heterocycles. The van der Waals surface area contributed by atoms with Gasteiger partial charge in [-0.05, 0) is 6.42 Å². The van der Waals surface area contributed by atoms with E-state index >= 15 is 0 Å². The zero-order valence-corrected chi connectivity index (χ0v) is 5.20. The van der Waals surface area contributed by atoms with Crippen molar-refractivity contribution in [2.24, 2.45) is 17.7 Å². The van der Waals surface area contributed by atoms with Crippen molar-refractivity contribution < 1.29 is 14.7 Å². The largest absolute Gasteiger partial charge is 0.481 e. The van der Waals surface area contributed by atoms with E-state index in [9.17, 15) is 9.59 Å². The average Bonchev–Trinajstić information content (AvgIpc) is 2.64. The van der Waals surface area contributed by atoms with Crippen LogP contribution in [0, 0.1) is 11.8 Å². The minimum absolute atomic E-state index is 0.382. The molecule has 1 amide bonds. The number of rotatable bonds is 2. The summed E-state index contributed by atoms with van der Waals surface area (Å²) in [6, 6.07) is 0. The second-order valence-electron chi connectivity index (χ2n) is 2.30. The summed E-state index contributed by atoms with van der Waals surface area (Å²) in [4.78, 5) is 20.8. The molecule has 0 unspecified atom stereocenters. The zero-order valence-electron chi connectivity index (χ0n) is 5.20. The summed E-state index contributed by atoms with van der Waals surface area (Å²) >= 11 is 0. The Kier molecular flexibility index (Phi) is 1.58. The minimum atomic E-state index is -0.923. The van der Waals surface area contributed by atoms with E-state index in [-0.39, 0.29) is 5.91 Å². The molecule has 2 atom stereocenters. The summed E-state index contributed by atoms with van der Waals surface area (Å²) < 4.78 is 0. The lowest BCUT2D eigenvalue weighted by Crippen LogP contribution is -2.32. The van der Waals surface area contributed by atoms with Gasteiger partial charge in [-0.3, -0.25) is 15.0 Å². The third kappa shape index (κ3) is 1.08. The molecule has 1 aliphatic carbocycles. The summed E-state index contributed by atoms with van der Waals surface area (Å²) in [5.74, 6) is 2.57. The van der Waals surface area contributed by atoms with E-state index in [4.69, 9.17) is 10.9 Å². The molecule has 0 aromatic rings. The van der Waals surface area contributed by atoms with Crippen molar-refractivity contribution in [3.63, 3.8) is 0 Å². The molecular weight excluding hydrogens is 136 g/mol. The van der Waals surface area contributed by atoms with E-state index in [2.05, 4.69) is 0 Å². The predicted octanol–water partition coefficient (Wildman–Crippen LogP) is -1.30. The number of hydrogen-bond acceptors (Lipinski definition) is 3. The van der Waals surface area contributed by atoms with Crippen LogP contribution in [0.2, 0.25) is 0 Å². The molecule has 1 saturated carbocycles. The molecule has 1 aliphatic rings. The van der Waals surface area contributed by atoms with Gasteiger partial charge in [0.2, 0.25) is 5.91 Å². The van der Waals surface area contributed by atoms with Gasteiger partial charge in [-0.25, -0.2) is 5.84 Å². The van der Waals surface area contributed by atoms with Crippen LogP contribution in [0.4, 0.5) is 0 Å². The van der Waals surface area contributed by atoms with Crippen molar-refractivity contribution in [3.05, 3.63) is 0 Å². The fourth-order valence-corrected chi connectivity index (χ4v) is 0.865. The normalized spacial score (nSPS) is 29.3. The van der Waals surface area contributed by atoms with Crippen LogP contribution < -0.4 is 11.3 Å². The van der Waals surface area contributed by atoms with Crippen LogP contribution >= 0.6 is 0 Å². The Labute approximate surface area is 57.2 Å². The first-order valence-electron chi connectivity index (χ1n) is 2.90. The average molecular weight is 144 g/mol. The lowest BCUT2D eigenvalue weighted by atomic mass is 10.3. The number of nitrogens with two attached hydrogens (primary N) is 1. The van der Waals surface area contributed by atoms with Gasteiger partial charge in [0.15, 0.2) is 0 Å². The zero-order chi connectivity index (χ0) is 7.72. The Hall–Kier alpha value is -1.10. The minimum Gasteiger partial charge on any atom is -0.481 e. The topological polar surface area (TPSA) is 92.4 Å². The van der Waals surface area contributed by atoms with E-state index < -0.39 is 17.8 Å². The van der Waals surface area contributed by atoms with Gasteiger partial charge >= 0.3 is 5.97 Å². The maximum Gasteiger partial charge on any atom is 0.307 e. The smallest absolute Gasteiger partial charge is 0.307 e. The highest BCUT2D eigenvalue weighted by Crippen LogP contribution is 2.38. The van der Waals surface area contributed by atoms with E-state index in [1.54, 1.807) is 0 Å². The van der Waals surface area contributed by atoms with Gasteiger partial charge in [-0.15, -0.1) is 0 Å². The molecule has 0 aliphatic heterocycles. The van der Waals surface area contributed by atoms with Crippen molar-refractivity contribution in [1.29, 1.82) is 0 Å². The Morgan fingerprint density at radius 2 is 2.10 bits per heavy atom. The van der Waals surface area contributed by atoms with E-state index in [0.717, 1.165) is 0 Å². The molecule has 0 bridgehead atoms. The number of hydrogen-bond donors (Lipinski definition) is 3. The van der Waals surface area contributed by atoms with Gasteiger partial charge in [0, 0.05) is 0 Å². The van der Waals surface area contributed by atoms with Crippen LogP contribution in [0.25, 0.3) is 0 Å². The lowest BCUT2D eigenvalue weighted by Gasteiger charge is -1.93. The number of carbonyl (C=O) groups excluding carboxylic acids is 1. The maximum atomic E-state index is 10.6. The van der Waals surface area contributed by atoms with Gasteiger partial charge in [0.25, 0.3) is 0 Å². The number of carboxylic acid groups (broad SMARTS) is 1. The first-order chi connectivity index (χ1) is 4.66. The number of hydrazine groups is 1. The van der Waals surface area contributed by atoms with Crippen molar-refractivity contribution in [3.8, 4) is 0 Å². The van der Waals surface area contributed by atoms with Crippen LogP contribution in [-0.2, 0) is 9.59 Å². The highest BCUT2D eigenvalue weighted by Gasteiger charge is 2.48. The van der Waals surface area contributed by atoms with Crippen molar-refractivity contribution in [2.75, 3.05) is 0 Å². The van der Waals surface area contributed by atoms with Gasteiger partial charge in [0.1, 0.15) is 0 Å². The van der Waals surface area contributed by atoms with Crippen LogP contribution in [0.3, 0.4) is 0 Å². The highest BCUT2D eigenvalue weighted by atomic mass is 16.4. The molecule has 0 aromatic carbocycles. The number of carboxylic acids is 1. The third-order valence-corrected chi connectivity index (χ3v) is 1.59. The van der Waals surface area contributed by atoms with E-state index in [1.165, 1.54) is 0 Å². The van der Waals surface area contributed by atoms with Crippen LogP contribution in [0.5, 0.6) is 0 Å². The fourth-order valence-electron chi connectivity index (χ4n) is 0.865. The molecule has 56 valence electrons. The second-order valence-corrected chi connectivity index (χ2v) is 2.30. The molecule has 0 aromatic heterocycles. The molecule has 10 heavy (non-hydrogen) atoms. The van der Waals surface area contributed by atoms with E-state index in [0.29, 0.717) is 6.42 Å². The molecule has 0 radical (unpaired) electrons. The molecule has 1 fully saturated rings.